The van der Waals surface area contributed by atoms with Crippen LogP contribution in [0, 0.1) is 5.92 Å². The molecule has 0 atom stereocenters. The van der Waals surface area contributed by atoms with Crippen LogP contribution < -0.4 is 0 Å². The highest BCUT2D eigenvalue weighted by Gasteiger charge is 1.88. The Morgan fingerprint density at radius 2 is 2.12 bits per heavy atom. The number of rotatable bonds is 2. The Morgan fingerprint density at radius 3 is 2.25 bits per heavy atom. The molecule has 0 aliphatic carbocycles. The summed E-state index contributed by atoms with van der Waals surface area (Å²) in [5, 5.41) is 0.292. The summed E-state index contributed by atoms with van der Waals surface area (Å²) < 4.78 is 0. The quantitative estimate of drug-likeness (QED) is 0.415. The SMILES string of the molecule is CC(C)C=C(Cl)C=O. The Kier molecular flexibility index (Phi) is 3.53. The summed E-state index contributed by atoms with van der Waals surface area (Å²) in [6, 6.07) is 0. The lowest BCUT2D eigenvalue weighted by Gasteiger charge is -1.90. The van der Waals surface area contributed by atoms with E-state index in [-0.39, 0.29) is 0 Å². The van der Waals surface area contributed by atoms with Crippen LogP contribution in [0.5, 0.6) is 0 Å². The monoisotopic (exact) mass is 132 g/mol. The highest BCUT2D eigenvalue weighted by atomic mass is 35.5. The van der Waals surface area contributed by atoms with Gasteiger partial charge in [-0.3, -0.25) is 4.79 Å². The van der Waals surface area contributed by atoms with Gasteiger partial charge in [-0.15, -0.1) is 0 Å². The number of aldehydes is 1. The molecule has 46 valence electrons. The van der Waals surface area contributed by atoms with Crippen LogP contribution in [0.25, 0.3) is 0 Å². The van der Waals surface area contributed by atoms with E-state index >= 15 is 0 Å². The molecule has 0 radical (unpaired) electrons. The van der Waals surface area contributed by atoms with Crippen LogP contribution >= 0.6 is 11.6 Å². The number of carbonyl (C=O) groups excluding carboxylic acids is 1. The molecule has 2 heteroatoms. The van der Waals surface area contributed by atoms with Crippen LogP contribution in [-0.2, 0) is 4.79 Å². The molecule has 0 aromatic heterocycles. The van der Waals surface area contributed by atoms with Gasteiger partial charge in [0.05, 0.1) is 5.03 Å². The predicted molar refractivity (Wildman–Crippen MR) is 34.8 cm³/mol. The Morgan fingerprint density at radius 1 is 1.62 bits per heavy atom. The first-order chi connectivity index (χ1) is 3.66. The molecule has 0 spiro atoms. The van der Waals surface area contributed by atoms with Crippen LogP contribution in [0.3, 0.4) is 0 Å². The van der Waals surface area contributed by atoms with Gasteiger partial charge < -0.3 is 0 Å². The van der Waals surface area contributed by atoms with Crippen LogP contribution in [0.1, 0.15) is 13.8 Å². The molecule has 1 nitrogen and oxygen atoms in total. The van der Waals surface area contributed by atoms with E-state index in [4.69, 9.17) is 11.6 Å². The van der Waals surface area contributed by atoms with Crippen molar-refractivity contribution in [3.8, 4) is 0 Å². The van der Waals surface area contributed by atoms with E-state index < -0.39 is 0 Å². The summed E-state index contributed by atoms with van der Waals surface area (Å²) in [6.07, 6.45) is 2.34. The second kappa shape index (κ2) is 3.67. The van der Waals surface area contributed by atoms with Gasteiger partial charge in [-0.2, -0.15) is 0 Å². The molecule has 0 aliphatic rings. The highest BCUT2D eigenvalue weighted by molar-refractivity contribution is 6.38. The zero-order chi connectivity index (χ0) is 6.57. The number of allylic oxidation sites excluding steroid dienone is 2. The first-order valence-corrected chi connectivity index (χ1v) is 2.87. The van der Waals surface area contributed by atoms with E-state index in [0.29, 0.717) is 17.2 Å². The summed E-state index contributed by atoms with van der Waals surface area (Å²) in [6.45, 7) is 3.93. The lowest BCUT2D eigenvalue weighted by molar-refractivity contribution is -0.104. The second-order valence-electron chi connectivity index (χ2n) is 1.91. The van der Waals surface area contributed by atoms with Crippen LogP contribution in [-0.4, -0.2) is 6.29 Å². The second-order valence-corrected chi connectivity index (χ2v) is 2.35. The molecule has 0 saturated heterocycles. The molecule has 0 aliphatic heterocycles. The molecule has 0 N–H and O–H groups in total. The Labute approximate surface area is 54.3 Å². The normalized spacial score (nSPS) is 12.2. The van der Waals surface area contributed by atoms with Crippen molar-refractivity contribution in [2.45, 2.75) is 13.8 Å². The number of halogens is 1. The topological polar surface area (TPSA) is 17.1 Å². The lowest BCUT2D eigenvalue weighted by atomic mass is 10.2. The summed E-state index contributed by atoms with van der Waals surface area (Å²) in [7, 11) is 0. The highest BCUT2D eigenvalue weighted by Crippen LogP contribution is 2.02. The summed E-state index contributed by atoms with van der Waals surface area (Å²) >= 11 is 5.35. The summed E-state index contributed by atoms with van der Waals surface area (Å²) in [5.41, 5.74) is 0. The van der Waals surface area contributed by atoms with Crippen molar-refractivity contribution in [2.75, 3.05) is 0 Å². The third-order valence-corrected chi connectivity index (χ3v) is 0.820. The van der Waals surface area contributed by atoms with Gasteiger partial charge in [0.2, 0.25) is 0 Å². The van der Waals surface area contributed by atoms with Gasteiger partial charge in [0.1, 0.15) is 0 Å². The fraction of sp³-hybridized carbons (Fsp3) is 0.500. The molecule has 0 saturated carbocycles. The number of carbonyl (C=O) groups is 1. The number of hydrogen-bond acceptors (Lipinski definition) is 1. The van der Waals surface area contributed by atoms with E-state index in [1.165, 1.54) is 0 Å². The third-order valence-electron chi connectivity index (χ3n) is 0.605. The molecule has 0 aromatic carbocycles. The van der Waals surface area contributed by atoms with E-state index in [1.807, 2.05) is 13.8 Å². The Hall–Kier alpha value is -0.300. The minimum absolute atomic E-state index is 0.292. The molecule has 0 rings (SSSR count). The lowest BCUT2D eigenvalue weighted by Crippen LogP contribution is -1.80. The first-order valence-electron chi connectivity index (χ1n) is 2.49. The summed E-state index contributed by atoms with van der Waals surface area (Å²) in [4.78, 5) is 9.84. The molecule has 0 aromatic rings. The average Bonchev–Trinajstić information content (AvgIpc) is 1.65. The van der Waals surface area contributed by atoms with Crippen molar-refractivity contribution in [3.05, 3.63) is 11.1 Å². The van der Waals surface area contributed by atoms with Crippen LogP contribution in [0.4, 0.5) is 0 Å². The van der Waals surface area contributed by atoms with Crippen molar-refractivity contribution >= 4 is 17.9 Å². The van der Waals surface area contributed by atoms with E-state index in [9.17, 15) is 4.79 Å². The van der Waals surface area contributed by atoms with Gasteiger partial charge in [-0.1, -0.05) is 31.5 Å². The van der Waals surface area contributed by atoms with Gasteiger partial charge in [0.15, 0.2) is 6.29 Å². The fourth-order valence-electron chi connectivity index (χ4n) is 0.358. The van der Waals surface area contributed by atoms with Gasteiger partial charge in [0, 0.05) is 0 Å². The molecule has 8 heavy (non-hydrogen) atoms. The first kappa shape index (κ1) is 7.70. The van der Waals surface area contributed by atoms with Crippen LogP contribution in [0.2, 0.25) is 0 Å². The maximum atomic E-state index is 9.84. The molecule has 0 fully saturated rings. The van der Waals surface area contributed by atoms with Crippen molar-refractivity contribution in [3.63, 3.8) is 0 Å². The molecule has 0 amide bonds. The van der Waals surface area contributed by atoms with Crippen molar-refractivity contribution in [1.29, 1.82) is 0 Å². The minimum atomic E-state index is 0.292. The standard InChI is InChI=1S/C6H9ClO/c1-5(2)3-6(7)4-8/h3-5H,1-2H3. The largest absolute Gasteiger partial charge is 0.297 e. The Balaban J connectivity index is 3.74. The maximum absolute atomic E-state index is 9.84. The van der Waals surface area contributed by atoms with E-state index in [0.717, 1.165) is 0 Å². The Bertz CT molecular complexity index is 105. The predicted octanol–water partition coefficient (Wildman–Crippen LogP) is 1.96. The van der Waals surface area contributed by atoms with Crippen molar-refractivity contribution in [1.82, 2.24) is 0 Å². The molecular formula is C6H9ClO. The molecule has 0 unspecified atom stereocenters. The van der Waals surface area contributed by atoms with Gasteiger partial charge in [-0.05, 0) is 5.92 Å². The third kappa shape index (κ3) is 3.88. The zero-order valence-electron chi connectivity index (χ0n) is 5.02. The number of hydrogen-bond donors (Lipinski definition) is 0. The maximum Gasteiger partial charge on any atom is 0.161 e. The van der Waals surface area contributed by atoms with Crippen molar-refractivity contribution < 1.29 is 4.79 Å². The van der Waals surface area contributed by atoms with E-state index in [1.54, 1.807) is 6.08 Å². The zero-order valence-corrected chi connectivity index (χ0v) is 5.77. The smallest absolute Gasteiger partial charge is 0.161 e. The minimum Gasteiger partial charge on any atom is -0.297 e. The van der Waals surface area contributed by atoms with Crippen LogP contribution in [0.15, 0.2) is 11.1 Å². The fourth-order valence-corrected chi connectivity index (χ4v) is 0.610. The van der Waals surface area contributed by atoms with E-state index in [2.05, 4.69) is 0 Å². The van der Waals surface area contributed by atoms with Crippen molar-refractivity contribution in [2.24, 2.45) is 5.92 Å². The summed E-state index contributed by atoms with van der Waals surface area (Å²) in [5.74, 6) is 0.354. The molecule has 0 heterocycles. The molecular weight excluding hydrogens is 124 g/mol. The van der Waals surface area contributed by atoms with Gasteiger partial charge in [0.25, 0.3) is 0 Å². The average molecular weight is 133 g/mol. The van der Waals surface area contributed by atoms with Gasteiger partial charge in [-0.25, -0.2) is 0 Å². The van der Waals surface area contributed by atoms with Gasteiger partial charge >= 0.3 is 0 Å². The molecule has 0 bridgehead atoms.